The van der Waals surface area contributed by atoms with Crippen molar-refractivity contribution in [3.8, 4) is 11.5 Å². The first kappa shape index (κ1) is 11.5. The zero-order chi connectivity index (χ0) is 11.5. The molecule has 4 nitrogen and oxygen atoms in total. The van der Waals surface area contributed by atoms with Crippen molar-refractivity contribution >= 4 is 15.1 Å². The summed E-state index contributed by atoms with van der Waals surface area (Å²) in [5.41, 5.74) is 5.91. The number of phenols is 1. The predicted octanol–water partition coefficient (Wildman–Crippen LogP) is 1.61. The van der Waals surface area contributed by atoms with Gasteiger partial charge in [0.05, 0.1) is 5.69 Å². The highest BCUT2D eigenvalue weighted by atomic mass is 31.0. The average Bonchev–Trinajstić information content (AvgIpc) is 2.27. The van der Waals surface area contributed by atoms with Gasteiger partial charge in [-0.15, -0.1) is 0 Å². The second-order valence-electron chi connectivity index (χ2n) is 4.07. The molecule has 88 valence electrons. The van der Waals surface area contributed by atoms with E-state index in [2.05, 4.69) is 14.1 Å². The Kier molecular flexibility index (Phi) is 3.52. The molecule has 0 bridgehead atoms. The number of ether oxygens (including phenoxy) is 1. The van der Waals surface area contributed by atoms with Gasteiger partial charge in [-0.25, -0.2) is 0 Å². The number of anilines is 1. The van der Waals surface area contributed by atoms with Crippen LogP contribution in [-0.2, 0) is 0 Å². The number of aromatic hydroxyl groups is 1. The quantitative estimate of drug-likeness (QED) is 0.468. The summed E-state index contributed by atoms with van der Waals surface area (Å²) in [5.74, 6) is 0.773. The van der Waals surface area contributed by atoms with Gasteiger partial charge in [-0.1, -0.05) is 9.39 Å². The van der Waals surface area contributed by atoms with Crippen LogP contribution in [0.1, 0.15) is 12.8 Å². The third-order valence-corrected chi connectivity index (χ3v) is 3.30. The first-order valence-electron chi connectivity index (χ1n) is 5.40. The fourth-order valence-corrected chi connectivity index (χ4v) is 2.08. The van der Waals surface area contributed by atoms with E-state index in [1.54, 1.807) is 18.2 Å². The molecule has 1 unspecified atom stereocenters. The summed E-state index contributed by atoms with van der Waals surface area (Å²) in [6.45, 7) is 2.05. The van der Waals surface area contributed by atoms with Crippen molar-refractivity contribution in [2.24, 2.45) is 0 Å². The van der Waals surface area contributed by atoms with Gasteiger partial charge in [-0.2, -0.15) is 0 Å². The van der Waals surface area contributed by atoms with Crippen LogP contribution < -0.4 is 10.5 Å². The topological polar surface area (TPSA) is 58.7 Å². The van der Waals surface area contributed by atoms with Gasteiger partial charge in [0.25, 0.3) is 0 Å². The molecule has 1 aliphatic rings. The normalized spacial score (nSPS) is 18.6. The van der Waals surface area contributed by atoms with E-state index in [1.165, 1.54) is 0 Å². The van der Waals surface area contributed by atoms with Crippen LogP contribution in [0.4, 0.5) is 5.69 Å². The fraction of sp³-hybridized carbons (Fsp3) is 0.455. The minimum absolute atomic E-state index is 0.0842. The van der Waals surface area contributed by atoms with Gasteiger partial charge in [-0.05, 0) is 25.0 Å². The Balaban J connectivity index is 1.96. The van der Waals surface area contributed by atoms with E-state index >= 15 is 0 Å². The molecular weight excluding hydrogens is 223 g/mol. The van der Waals surface area contributed by atoms with Gasteiger partial charge < -0.3 is 15.6 Å². The molecule has 0 saturated carbocycles. The summed E-state index contributed by atoms with van der Waals surface area (Å²) in [5, 5.41) is 9.46. The van der Waals surface area contributed by atoms with Gasteiger partial charge in [0.2, 0.25) is 0 Å². The van der Waals surface area contributed by atoms with Crippen LogP contribution in [0.2, 0.25) is 0 Å². The second-order valence-corrected chi connectivity index (χ2v) is 4.80. The first-order valence-corrected chi connectivity index (χ1v) is 5.91. The van der Waals surface area contributed by atoms with E-state index in [-0.39, 0.29) is 11.9 Å². The van der Waals surface area contributed by atoms with Crippen LogP contribution in [0.25, 0.3) is 0 Å². The molecule has 1 saturated heterocycles. The zero-order valence-electron chi connectivity index (χ0n) is 9.10. The molecular formula is C11H17N2O2P. The van der Waals surface area contributed by atoms with Crippen molar-refractivity contribution in [1.29, 1.82) is 0 Å². The van der Waals surface area contributed by atoms with Crippen molar-refractivity contribution in [3.63, 3.8) is 0 Å². The molecule has 0 aliphatic carbocycles. The first-order chi connectivity index (χ1) is 7.65. The van der Waals surface area contributed by atoms with E-state index in [4.69, 9.17) is 10.5 Å². The molecule has 3 N–H and O–H groups in total. The Labute approximate surface area is 97.6 Å². The third kappa shape index (κ3) is 2.77. The van der Waals surface area contributed by atoms with Gasteiger partial charge in [-0.3, -0.25) is 4.67 Å². The van der Waals surface area contributed by atoms with E-state index in [0.29, 0.717) is 11.4 Å². The summed E-state index contributed by atoms with van der Waals surface area (Å²) in [7, 11) is 2.71. The molecule has 1 fully saturated rings. The van der Waals surface area contributed by atoms with E-state index < -0.39 is 0 Å². The van der Waals surface area contributed by atoms with Crippen molar-refractivity contribution < 1.29 is 9.84 Å². The molecule has 0 amide bonds. The van der Waals surface area contributed by atoms with Crippen molar-refractivity contribution in [3.05, 3.63) is 18.2 Å². The number of hydrogen-bond acceptors (Lipinski definition) is 4. The Morgan fingerprint density at radius 1 is 1.38 bits per heavy atom. The Morgan fingerprint density at radius 2 is 2.06 bits per heavy atom. The molecule has 0 aromatic heterocycles. The minimum Gasteiger partial charge on any atom is -0.506 e. The maximum Gasteiger partial charge on any atom is 0.142 e. The average molecular weight is 240 g/mol. The highest BCUT2D eigenvalue weighted by molar-refractivity contribution is 7.13. The summed E-state index contributed by atoms with van der Waals surface area (Å²) < 4.78 is 8.00. The van der Waals surface area contributed by atoms with E-state index in [0.717, 1.165) is 25.9 Å². The molecule has 0 radical (unpaired) electrons. The van der Waals surface area contributed by atoms with Crippen LogP contribution in [-0.4, -0.2) is 29.0 Å². The van der Waals surface area contributed by atoms with Gasteiger partial charge in [0.15, 0.2) is 0 Å². The van der Waals surface area contributed by atoms with Crippen LogP contribution in [0.5, 0.6) is 11.5 Å². The van der Waals surface area contributed by atoms with Crippen LogP contribution in [0, 0.1) is 0 Å². The van der Waals surface area contributed by atoms with Crippen LogP contribution >= 0.6 is 9.39 Å². The molecule has 1 aromatic rings. The van der Waals surface area contributed by atoms with Crippen molar-refractivity contribution in [2.45, 2.75) is 18.9 Å². The number of benzene rings is 1. The number of nitrogens with two attached hydrogens (primary N) is 1. The van der Waals surface area contributed by atoms with Crippen molar-refractivity contribution in [2.75, 3.05) is 18.8 Å². The highest BCUT2D eigenvalue weighted by Crippen LogP contribution is 2.27. The minimum atomic E-state index is 0.0842. The van der Waals surface area contributed by atoms with Crippen LogP contribution in [0.3, 0.4) is 0 Å². The number of nitrogens with zero attached hydrogens (tertiary/aromatic N) is 1. The van der Waals surface area contributed by atoms with E-state index in [9.17, 15) is 5.11 Å². The SMILES string of the molecule is Nc1ccc(OC2CCN(P)CC2)cc1O. The van der Waals surface area contributed by atoms with Crippen LogP contribution in [0.15, 0.2) is 18.2 Å². The molecule has 5 heteroatoms. The molecule has 1 aliphatic heterocycles. The maximum atomic E-state index is 9.46. The highest BCUT2D eigenvalue weighted by Gasteiger charge is 2.18. The lowest BCUT2D eigenvalue weighted by Gasteiger charge is -2.29. The third-order valence-electron chi connectivity index (χ3n) is 2.78. The molecule has 0 spiro atoms. The standard InChI is InChI=1S/C11H17N2O2P/c12-10-2-1-9(7-11(10)14)15-8-3-5-13(16)6-4-8/h1-2,7-8,14H,3-6,12,16H2. The molecule has 2 rings (SSSR count). The van der Waals surface area contributed by atoms with E-state index in [1.807, 2.05) is 0 Å². The van der Waals surface area contributed by atoms with Crippen molar-refractivity contribution in [1.82, 2.24) is 4.67 Å². The number of hydrogen-bond donors (Lipinski definition) is 2. The molecule has 16 heavy (non-hydrogen) atoms. The largest absolute Gasteiger partial charge is 0.506 e. The second kappa shape index (κ2) is 4.89. The fourth-order valence-electron chi connectivity index (χ4n) is 1.78. The summed E-state index contributed by atoms with van der Waals surface area (Å²) in [6, 6.07) is 5.03. The smallest absolute Gasteiger partial charge is 0.142 e. The summed E-state index contributed by atoms with van der Waals surface area (Å²) in [6.07, 6.45) is 2.25. The molecule has 1 heterocycles. The Hall–Kier alpha value is -0.990. The maximum absolute atomic E-state index is 9.46. The lowest BCUT2D eigenvalue weighted by atomic mass is 10.1. The molecule has 1 aromatic carbocycles. The van der Waals surface area contributed by atoms with Gasteiger partial charge in [0, 0.05) is 19.2 Å². The predicted molar refractivity (Wildman–Crippen MR) is 67.5 cm³/mol. The van der Waals surface area contributed by atoms with Gasteiger partial charge in [0.1, 0.15) is 17.6 Å². The lowest BCUT2D eigenvalue weighted by Crippen LogP contribution is -2.32. The number of phenolic OH excluding ortho intramolecular Hbond substituents is 1. The van der Waals surface area contributed by atoms with Gasteiger partial charge >= 0.3 is 0 Å². The molecule has 1 atom stereocenters. The zero-order valence-corrected chi connectivity index (χ0v) is 10.2. The number of nitrogen functional groups attached to an aromatic ring is 1. The Bertz CT molecular complexity index is 365. The Morgan fingerprint density at radius 3 is 2.69 bits per heavy atom. The monoisotopic (exact) mass is 240 g/mol. The summed E-state index contributed by atoms with van der Waals surface area (Å²) in [4.78, 5) is 0. The lowest BCUT2D eigenvalue weighted by molar-refractivity contribution is 0.138. The summed E-state index contributed by atoms with van der Waals surface area (Å²) >= 11 is 0. The number of rotatable bonds is 2. The number of piperidine rings is 1.